The lowest BCUT2D eigenvalue weighted by molar-refractivity contribution is 0.00764. The molecule has 0 N–H and O–H groups in total. The Kier molecular flexibility index (Phi) is 9.29. The first-order valence-electron chi connectivity index (χ1n) is 11.2. The van der Waals surface area contributed by atoms with Crippen LogP contribution in [-0.4, -0.2) is 24.1 Å². The van der Waals surface area contributed by atoms with Crippen molar-refractivity contribution in [3.8, 4) is 0 Å². The number of esters is 2. The molecular formula is C27H36O4. The molecule has 2 aromatic rings. The third-order valence-corrected chi connectivity index (χ3v) is 4.95. The number of hydrogen-bond acceptors (Lipinski definition) is 4. The van der Waals surface area contributed by atoms with Crippen molar-refractivity contribution in [2.24, 2.45) is 11.8 Å². The first-order chi connectivity index (χ1) is 14.6. The van der Waals surface area contributed by atoms with E-state index in [2.05, 4.69) is 27.7 Å². The molecule has 0 saturated carbocycles. The molecule has 0 spiro atoms. The zero-order valence-corrected chi connectivity index (χ0v) is 19.7. The first kappa shape index (κ1) is 24.6. The van der Waals surface area contributed by atoms with E-state index in [0.717, 1.165) is 12.8 Å². The van der Waals surface area contributed by atoms with Gasteiger partial charge in [0.1, 0.15) is 12.2 Å². The molecule has 0 aliphatic heterocycles. The summed E-state index contributed by atoms with van der Waals surface area (Å²) in [6, 6.07) is 15.1. The van der Waals surface area contributed by atoms with E-state index in [1.54, 1.807) is 24.3 Å². The maximum absolute atomic E-state index is 12.4. The third-order valence-electron chi connectivity index (χ3n) is 4.95. The van der Waals surface area contributed by atoms with E-state index in [0.29, 0.717) is 29.4 Å². The second-order valence-corrected chi connectivity index (χ2v) is 9.26. The molecule has 2 rings (SSSR count). The Balaban J connectivity index is 1.82. The summed E-state index contributed by atoms with van der Waals surface area (Å²) in [4.78, 5) is 24.8. The molecule has 0 fully saturated rings. The fourth-order valence-corrected chi connectivity index (χ4v) is 3.56. The van der Waals surface area contributed by atoms with Gasteiger partial charge in [-0.3, -0.25) is 0 Å². The number of carbonyl (C=O) groups excluding carboxylic acids is 2. The van der Waals surface area contributed by atoms with Crippen LogP contribution < -0.4 is 0 Å². The lowest BCUT2D eigenvalue weighted by Gasteiger charge is -2.19. The maximum atomic E-state index is 12.4. The van der Waals surface area contributed by atoms with Crippen molar-refractivity contribution < 1.29 is 19.1 Å². The van der Waals surface area contributed by atoms with Gasteiger partial charge in [-0.1, -0.05) is 52.0 Å². The minimum absolute atomic E-state index is 0.358. The van der Waals surface area contributed by atoms with Gasteiger partial charge in [-0.25, -0.2) is 9.59 Å². The van der Waals surface area contributed by atoms with Crippen LogP contribution in [0.3, 0.4) is 0 Å². The van der Waals surface area contributed by atoms with Gasteiger partial charge < -0.3 is 9.47 Å². The smallest absolute Gasteiger partial charge is 0.338 e. The number of carbonyl (C=O) groups is 2. The van der Waals surface area contributed by atoms with E-state index < -0.39 is 0 Å². The van der Waals surface area contributed by atoms with Gasteiger partial charge in [0.05, 0.1) is 11.1 Å². The van der Waals surface area contributed by atoms with Gasteiger partial charge in [0, 0.05) is 6.42 Å². The fourth-order valence-electron chi connectivity index (χ4n) is 3.56. The van der Waals surface area contributed by atoms with Crippen LogP contribution in [0.1, 0.15) is 79.8 Å². The van der Waals surface area contributed by atoms with Crippen LogP contribution in [-0.2, 0) is 22.3 Å². The monoisotopic (exact) mass is 424 g/mol. The molecule has 0 heterocycles. The van der Waals surface area contributed by atoms with Gasteiger partial charge in [0.25, 0.3) is 0 Å². The van der Waals surface area contributed by atoms with Gasteiger partial charge in [-0.2, -0.15) is 0 Å². The molecule has 0 saturated heterocycles. The molecule has 31 heavy (non-hydrogen) atoms. The summed E-state index contributed by atoms with van der Waals surface area (Å²) in [5.41, 5.74) is 3.48. The highest BCUT2D eigenvalue weighted by molar-refractivity contribution is 5.90. The van der Waals surface area contributed by atoms with E-state index in [1.165, 1.54) is 11.1 Å². The van der Waals surface area contributed by atoms with Crippen LogP contribution in [0.2, 0.25) is 0 Å². The molecular weight excluding hydrogens is 388 g/mol. The maximum Gasteiger partial charge on any atom is 0.338 e. The molecule has 0 aliphatic carbocycles. The van der Waals surface area contributed by atoms with Crippen LogP contribution in [0.4, 0.5) is 0 Å². The van der Waals surface area contributed by atoms with E-state index in [1.807, 2.05) is 38.1 Å². The Labute approximate surface area is 187 Å². The molecule has 4 nitrogen and oxygen atoms in total. The Morgan fingerprint density at radius 1 is 0.613 bits per heavy atom. The molecule has 0 aromatic heterocycles. The number of hydrogen-bond donors (Lipinski definition) is 0. The Morgan fingerprint density at radius 2 is 0.935 bits per heavy atom. The summed E-state index contributed by atoms with van der Waals surface area (Å²) in [6.45, 7) is 12.3. The topological polar surface area (TPSA) is 52.6 Å². The molecule has 0 bridgehead atoms. The normalized spacial score (nSPS) is 13.2. The molecule has 4 heteroatoms. The van der Waals surface area contributed by atoms with Crippen LogP contribution in [0.25, 0.3) is 0 Å². The molecule has 0 amide bonds. The quantitative estimate of drug-likeness (QED) is 0.422. The lowest BCUT2D eigenvalue weighted by atomic mass is 10.0. The van der Waals surface area contributed by atoms with Crippen LogP contribution >= 0.6 is 0 Å². The van der Waals surface area contributed by atoms with Crippen molar-refractivity contribution in [3.63, 3.8) is 0 Å². The predicted molar refractivity (Wildman–Crippen MR) is 124 cm³/mol. The van der Waals surface area contributed by atoms with Crippen molar-refractivity contribution >= 4 is 11.9 Å². The summed E-state index contributed by atoms with van der Waals surface area (Å²) >= 11 is 0. The highest BCUT2D eigenvalue weighted by atomic mass is 16.6. The Bertz CT molecular complexity index is 763. The highest BCUT2D eigenvalue weighted by Crippen LogP contribution is 2.15. The standard InChI is InChI=1S/C27H36O4/c1-18(2)15-22-7-11-24(12-8-22)26(28)30-20(5)17-21(6)31-27(29)25-13-9-23(10-14-25)16-19(3)4/h7-14,18-21H,15-17H2,1-6H3. The van der Waals surface area contributed by atoms with Crippen LogP contribution in [0.5, 0.6) is 0 Å². The van der Waals surface area contributed by atoms with E-state index >= 15 is 0 Å². The van der Waals surface area contributed by atoms with Gasteiger partial charge >= 0.3 is 11.9 Å². The minimum Gasteiger partial charge on any atom is -0.459 e. The number of benzene rings is 2. The van der Waals surface area contributed by atoms with Crippen molar-refractivity contribution in [1.29, 1.82) is 0 Å². The predicted octanol–water partition coefficient (Wildman–Crippen LogP) is 6.26. The Hall–Kier alpha value is -2.62. The third kappa shape index (κ3) is 8.56. The van der Waals surface area contributed by atoms with Gasteiger partial charge in [0.2, 0.25) is 0 Å². The second-order valence-electron chi connectivity index (χ2n) is 9.26. The largest absolute Gasteiger partial charge is 0.459 e. The van der Waals surface area contributed by atoms with Crippen molar-refractivity contribution in [1.82, 2.24) is 0 Å². The van der Waals surface area contributed by atoms with Gasteiger partial charge in [-0.15, -0.1) is 0 Å². The molecule has 2 unspecified atom stereocenters. The summed E-state index contributed by atoms with van der Waals surface area (Å²) in [7, 11) is 0. The van der Waals surface area contributed by atoms with Crippen LogP contribution in [0, 0.1) is 11.8 Å². The molecule has 0 radical (unpaired) electrons. The average molecular weight is 425 g/mol. The fraction of sp³-hybridized carbons (Fsp3) is 0.481. The summed E-state index contributed by atoms with van der Waals surface area (Å²) < 4.78 is 11.1. The van der Waals surface area contributed by atoms with Crippen molar-refractivity contribution in [2.45, 2.75) is 73.0 Å². The SMILES string of the molecule is CC(C)Cc1ccc(C(=O)OC(C)CC(C)OC(=O)c2ccc(CC(C)C)cc2)cc1. The van der Waals surface area contributed by atoms with E-state index in [4.69, 9.17) is 9.47 Å². The first-order valence-corrected chi connectivity index (χ1v) is 11.2. The van der Waals surface area contributed by atoms with Gasteiger partial charge in [-0.05, 0) is 73.9 Å². The highest BCUT2D eigenvalue weighted by Gasteiger charge is 2.18. The van der Waals surface area contributed by atoms with Crippen LogP contribution in [0.15, 0.2) is 48.5 Å². The average Bonchev–Trinajstić information content (AvgIpc) is 2.67. The summed E-state index contributed by atoms with van der Waals surface area (Å²) in [5.74, 6) is 0.422. The Morgan fingerprint density at radius 3 is 1.23 bits per heavy atom. The minimum atomic E-state index is -0.362. The zero-order valence-electron chi connectivity index (χ0n) is 19.7. The van der Waals surface area contributed by atoms with E-state index in [-0.39, 0.29) is 24.1 Å². The zero-order chi connectivity index (χ0) is 23.0. The number of rotatable bonds is 10. The molecule has 2 aromatic carbocycles. The summed E-state index contributed by atoms with van der Waals surface area (Å²) in [5, 5.41) is 0. The summed E-state index contributed by atoms with van der Waals surface area (Å²) in [6.07, 6.45) is 1.68. The molecule has 0 aliphatic rings. The number of ether oxygens (including phenoxy) is 2. The van der Waals surface area contributed by atoms with Crippen molar-refractivity contribution in [2.75, 3.05) is 0 Å². The van der Waals surface area contributed by atoms with Gasteiger partial charge in [0.15, 0.2) is 0 Å². The second kappa shape index (κ2) is 11.7. The van der Waals surface area contributed by atoms with Crippen molar-refractivity contribution in [3.05, 3.63) is 70.8 Å². The lowest BCUT2D eigenvalue weighted by Crippen LogP contribution is -2.23. The van der Waals surface area contributed by atoms with E-state index in [9.17, 15) is 9.59 Å². The molecule has 2 atom stereocenters. The molecule has 168 valence electrons.